The van der Waals surface area contributed by atoms with Crippen molar-refractivity contribution in [1.29, 1.82) is 0 Å². The third-order valence-corrected chi connectivity index (χ3v) is 3.25. The first kappa shape index (κ1) is 16.0. The summed E-state index contributed by atoms with van der Waals surface area (Å²) in [7, 11) is 1.38. The van der Waals surface area contributed by atoms with Crippen LogP contribution in [0.4, 0.5) is 0 Å². The average Bonchev–Trinajstić information content (AvgIpc) is 2.46. The summed E-state index contributed by atoms with van der Waals surface area (Å²) in [6.45, 7) is 4.71. The molecule has 1 atom stereocenters. The Balaban J connectivity index is 2.90. The maximum atomic E-state index is 12.1. The number of carbonyl (C=O) groups excluding carboxylic acids is 1. The number of nitrogens with zero attached hydrogens (tertiary/aromatic N) is 3. The van der Waals surface area contributed by atoms with E-state index in [-0.39, 0.29) is 5.97 Å². The molecule has 0 amide bonds. The van der Waals surface area contributed by atoms with Gasteiger partial charge in [0.15, 0.2) is 0 Å². The molecule has 1 unspecified atom stereocenters. The second-order valence-corrected chi connectivity index (χ2v) is 4.67. The number of aryl methyl sites for hydroxylation is 1. The Labute approximate surface area is 118 Å². The van der Waals surface area contributed by atoms with Gasteiger partial charge in [0.2, 0.25) is 0 Å². The van der Waals surface area contributed by atoms with E-state index < -0.39 is 5.54 Å². The molecule has 0 fully saturated rings. The van der Waals surface area contributed by atoms with Crippen molar-refractivity contribution in [2.45, 2.75) is 25.8 Å². The third-order valence-electron chi connectivity index (χ3n) is 3.25. The van der Waals surface area contributed by atoms with Crippen LogP contribution < -0.4 is 5.32 Å². The standard InChI is InChI=1S/C14H20N4O2/c1-11-7-4-5-8-12(11)14(2,13(19)20-3)16-9-6-10-17-18-15/h4-5,7-8,16H,6,9-10H2,1-3H3. The van der Waals surface area contributed by atoms with Crippen molar-refractivity contribution >= 4 is 5.97 Å². The molecule has 6 heteroatoms. The third kappa shape index (κ3) is 3.73. The molecule has 0 heterocycles. The number of methoxy groups -OCH3 is 1. The van der Waals surface area contributed by atoms with Crippen LogP contribution in [0.1, 0.15) is 24.5 Å². The first-order valence-electron chi connectivity index (χ1n) is 6.46. The summed E-state index contributed by atoms with van der Waals surface area (Å²) in [5.74, 6) is -0.337. The molecule has 0 aliphatic heterocycles. The number of benzene rings is 1. The summed E-state index contributed by atoms with van der Waals surface area (Å²) in [6, 6.07) is 7.69. The normalized spacial score (nSPS) is 13.2. The van der Waals surface area contributed by atoms with Gasteiger partial charge in [-0.3, -0.25) is 5.32 Å². The fraction of sp³-hybridized carbons (Fsp3) is 0.500. The van der Waals surface area contributed by atoms with Crippen molar-refractivity contribution < 1.29 is 9.53 Å². The van der Waals surface area contributed by atoms with Crippen molar-refractivity contribution in [2.75, 3.05) is 20.2 Å². The van der Waals surface area contributed by atoms with Gasteiger partial charge in [-0.2, -0.15) is 0 Å². The molecule has 0 aliphatic rings. The minimum absolute atomic E-state index is 0.337. The number of hydrogen-bond donors (Lipinski definition) is 1. The lowest BCUT2D eigenvalue weighted by atomic mass is 9.88. The highest BCUT2D eigenvalue weighted by atomic mass is 16.5. The number of esters is 1. The Kier molecular flexibility index (Phi) is 6.03. The van der Waals surface area contributed by atoms with E-state index in [0.717, 1.165) is 11.1 Å². The van der Waals surface area contributed by atoms with Gasteiger partial charge in [-0.05, 0) is 43.5 Å². The van der Waals surface area contributed by atoms with E-state index >= 15 is 0 Å². The number of hydrogen-bond acceptors (Lipinski definition) is 4. The number of azide groups is 1. The molecule has 0 saturated heterocycles. The zero-order chi connectivity index (χ0) is 15.0. The summed E-state index contributed by atoms with van der Waals surface area (Å²) < 4.78 is 4.92. The average molecular weight is 276 g/mol. The quantitative estimate of drug-likeness (QED) is 0.273. The minimum atomic E-state index is -0.906. The van der Waals surface area contributed by atoms with Crippen LogP contribution in [-0.4, -0.2) is 26.2 Å². The molecule has 0 saturated carbocycles. The van der Waals surface area contributed by atoms with Crippen LogP contribution in [0.25, 0.3) is 10.4 Å². The first-order valence-corrected chi connectivity index (χ1v) is 6.46. The number of carbonyl (C=O) groups is 1. The maximum absolute atomic E-state index is 12.1. The summed E-state index contributed by atoms with van der Waals surface area (Å²) >= 11 is 0. The Hall–Kier alpha value is -2.04. The molecular weight excluding hydrogens is 256 g/mol. The topological polar surface area (TPSA) is 87.1 Å². The van der Waals surface area contributed by atoms with Crippen LogP contribution in [0.2, 0.25) is 0 Å². The second-order valence-electron chi connectivity index (χ2n) is 4.67. The highest BCUT2D eigenvalue weighted by Gasteiger charge is 2.36. The van der Waals surface area contributed by atoms with Crippen LogP contribution in [0, 0.1) is 6.92 Å². The van der Waals surface area contributed by atoms with Gasteiger partial charge in [0, 0.05) is 11.5 Å². The fourth-order valence-electron chi connectivity index (χ4n) is 2.15. The summed E-state index contributed by atoms with van der Waals surface area (Å²) in [5, 5.41) is 6.68. The maximum Gasteiger partial charge on any atom is 0.330 e. The van der Waals surface area contributed by atoms with Gasteiger partial charge >= 0.3 is 5.97 Å². The monoisotopic (exact) mass is 276 g/mol. The summed E-state index contributed by atoms with van der Waals surface area (Å²) in [6.07, 6.45) is 0.655. The van der Waals surface area contributed by atoms with Crippen LogP contribution in [-0.2, 0) is 15.1 Å². The Morgan fingerprint density at radius 3 is 2.80 bits per heavy atom. The van der Waals surface area contributed by atoms with Gasteiger partial charge in [-0.15, -0.1) is 0 Å². The summed E-state index contributed by atoms with van der Waals surface area (Å²) in [4.78, 5) is 14.8. The molecule has 0 spiro atoms. The van der Waals surface area contributed by atoms with E-state index in [1.54, 1.807) is 6.92 Å². The van der Waals surface area contributed by atoms with Crippen molar-refractivity contribution in [3.8, 4) is 0 Å². The van der Waals surface area contributed by atoms with E-state index in [1.165, 1.54) is 7.11 Å². The first-order chi connectivity index (χ1) is 9.56. The van der Waals surface area contributed by atoms with Crippen molar-refractivity contribution in [3.63, 3.8) is 0 Å². The lowest BCUT2D eigenvalue weighted by Crippen LogP contribution is -2.48. The molecule has 0 bridgehead atoms. The van der Waals surface area contributed by atoms with Gasteiger partial charge in [-0.25, -0.2) is 4.79 Å². The Morgan fingerprint density at radius 1 is 1.50 bits per heavy atom. The molecule has 0 aliphatic carbocycles. The van der Waals surface area contributed by atoms with Gasteiger partial charge in [0.1, 0.15) is 5.54 Å². The molecule has 1 aromatic carbocycles. The van der Waals surface area contributed by atoms with E-state index in [0.29, 0.717) is 19.5 Å². The fourth-order valence-corrected chi connectivity index (χ4v) is 2.15. The van der Waals surface area contributed by atoms with Crippen molar-refractivity contribution in [3.05, 3.63) is 45.8 Å². The molecule has 6 nitrogen and oxygen atoms in total. The van der Waals surface area contributed by atoms with E-state index in [9.17, 15) is 4.79 Å². The second kappa shape index (κ2) is 7.53. The lowest BCUT2D eigenvalue weighted by molar-refractivity contribution is -0.148. The zero-order valence-electron chi connectivity index (χ0n) is 12.1. The molecule has 1 aromatic rings. The van der Waals surface area contributed by atoms with Crippen molar-refractivity contribution in [2.24, 2.45) is 5.11 Å². The summed E-state index contributed by atoms with van der Waals surface area (Å²) in [5.41, 5.74) is 9.23. The predicted octanol–water partition coefficient (Wildman–Crippen LogP) is 2.67. The SMILES string of the molecule is COC(=O)C(C)(NCCCN=[N+]=[N-])c1ccccc1C. The smallest absolute Gasteiger partial charge is 0.330 e. The van der Waals surface area contributed by atoms with Gasteiger partial charge in [0.05, 0.1) is 7.11 Å². The molecule has 20 heavy (non-hydrogen) atoms. The highest BCUT2D eigenvalue weighted by molar-refractivity contribution is 5.82. The van der Waals surface area contributed by atoms with Crippen LogP contribution in [0.3, 0.4) is 0 Å². The Morgan fingerprint density at radius 2 is 2.20 bits per heavy atom. The molecule has 1 N–H and O–H groups in total. The lowest BCUT2D eigenvalue weighted by Gasteiger charge is -2.30. The van der Waals surface area contributed by atoms with Crippen LogP contribution in [0.5, 0.6) is 0 Å². The van der Waals surface area contributed by atoms with Crippen molar-refractivity contribution in [1.82, 2.24) is 5.32 Å². The van der Waals surface area contributed by atoms with Gasteiger partial charge in [0.25, 0.3) is 0 Å². The van der Waals surface area contributed by atoms with E-state index in [2.05, 4.69) is 15.3 Å². The molecular formula is C14H20N4O2. The molecule has 0 radical (unpaired) electrons. The number of nitrogens with one attached hydrogen (secondary N) is 1. The zero-order valence-corrected chi connectivity index (χ0v) is 12.1. The van der Waals surface area contributed by atoms with Gasteiger partial charge in [-0.1, -0.05) is 29.4 Å². The molecule has 0 aromatic heterocycles. The van der Waals surface area contributed by atoms with E-state index in [1.807, 2.05) is 31.2 Å². The molecule has 108 valence electrons. The minimum Gasteiger partial charge on any atom is -0.467 e. The predicted molar refractivity (Wildman–Crippen MR) is 77.2 cm³/mol. The van der Waals surface area contributed by atoms with Crippen LogP contribution >= 0.6 is 0 Å². The van der Waals surface area contributed by atoms with Gasteiger partial charge < -0.3 is 4.74 Å². The molecule has 1 rings (SSSR count). The number of rotatable bonds is 7. The van der Waals surface area contributed by atoms with Crippen LogP contribution in [0.15, 0.2) is 29.4 Å². The highest BCUT2D eigenvalue weighted by Crippen LogP contribution is 2.25. The largest absolute Gasteiger partial charge is 0.467 e. The number of ether oxygens (including phenoxy) is 1. The van der Waals surface area contributed by atoms with E-state index in [4.69, 9.17) is 10.3 Å². The Bertz CT molecular complexity index is 512.